The molecule has 5 heteroatoms. The number of aryl methyl sites for hydroxylation is 2. The standard InChI is InChI=1S/C33H39N3O2/c1-6-7-8-9-14-27(37)21-38-28-19-17-26(18-20-28)31-34-32(29-15-10-12-22(2)24(29)4)36-33(35-31)30-16-11-13-23(3)25(30)5/h10-13,15-20,27,37H,6-9,14,21H2,1-5H3. The summed E-state index contributed by atoms with van der Waals surface area (Å²) in [7, 11) is 0. The van der Waals surface area contributed by atoms with E-state index < -0.39 is 6.10 Å². The maximum Gasteiger partial charge on any atom is 0.164 e. The van der Waals surface area contributed by atoms with E-state index in [2.05, 4.69) is 58.9 Å². The van der Waals surface area contributed by atoms with Crippen molar-refractivity contribution in [3.05, 3.63) is 82.9 Å². The number of aliphatic hydroxyl groups excluding tert-OH is 1. The summed E-state index contributed by atoms with van der Waals surface area (Å²) in [6.45, 7) is 10.9. The van der Waals surface area contributed by atoms with Gasteiger partial charge in [0.2, 0.25) is 0 Å². The predicted molar refractivity (Wildman–Crippen MR) is 155 cm³/mol. The molecule has 0 radical (unpaired) electrons. The van der Waals surface area contributed by atoms with Gasteiger partial charge < -0.3 is 9.84 Å². The number of nitrogens with zero attached hydrogens (tertiary/aromatic N) is 3. The van der Waals surface area contributed by atoms with Gasteiger partial charge in [-0.05, 0) is 80.6 Å². The summed E-state index contributed by atoms with van der Waals surface area (Å²) in [5.74, 6) is 2.67. The SMILES string of the molecule is CCCCCCC(O)COc1ccc(-c2nc(-c3cccc(C)c3C)nc(-c3cccc(C)c3C)n2)cc1. The van der Waals surface area contributed by atoms with Gasteiger partial charge >= 0.3 is 0 Å². The average molecular weight is 510 g/mol. The van der Waals surface area contributed by atoms with Crippen molar-refractivity contribution in [1.29, 1.82) is 0 Å². The van der Waals surface area contributed by atoms with Crippen LogP contribution in [0.25, 0.3) is 34.2 Å². The molecule has 0 spiro atoms. The van der Waals surface area contributed by atoms with Gasteiger partial charge in [0.05, 0.1) is 6.10 Å². The minimum atomic E-state index is -0.449. The quantitative estimate of drug-likeness (QED) is 0.209. The number of unbranched alkanes of at least 4 members (excludes halogenated alkanes) is 3. The van der Waals surface area contributed by atoms with Crippen LogP contribution in [0.3, 0.4) is 0 Å². The Morgan fingerprint density at radius 2 is 1.24 bits per heavy atom. The lowest BCUT2D eigenvalue weighted by Gasteiger charge is -2.14. The number of aromatic nitrogens is 3. The van der Waals surface area contributed by atoms with Crippen LogP contribution in [-0.2, 0) is 0 Å². The Kier molecular flexibility index (Phi) is 9.24. The van der Waals surface area contributed by atoms with Gasteiger partial charge in [-0.1, -0.05) is 69.0 Å². The van der Waals surface area contributed by atoms with Crippen LogP contribution in [-0.4, -0.2) is 32.8 Å². The van der Waals surface area contributed by atoms with Gasteiger partial charge in [0.25, 0.3) is 0 Å². The maximum absolute atomic E-state index is 10.3. The number of ether oxygens (including phenoxy) is 1. The molecule has 1 heterocycles. The molecule has 0 amide bonds. The van der Waals surface area contributed by atoms with Crippen molar-refractivity contribution < 1.29 is 9.84 Å². The average Bonchev–Trinajstić information content (AvgIpc) is 2.93. The van der Waals surface area contributed by atoms with Gasteiger partial charge in [-0.2, -0.15) is 0 Å². The van der Waals surface area contributed by atoms with Crippen LogP contribution in [0.4, 0.5) is 0 Å². The Morgan fingerprint density at radius 3 is 1.79 bits per heavy atom. The Balaban J connectivity index is 1.63. The molecule has 0 aliphatic carbocycles. The molecule has 0 bridgehead atoms. The van der Waals surface area contributed by atoms with E-state index >= 15 is 0 Å². The van der Waals surface area contributed by atoms with E-state index in [1.54, 1.807) is 0 Å². The monoisotopic (exact) mass is 509 g/mol. The molecule has 1 N–H and O–H groups in total. The van der Waals surface area contributed by atoms with Crippen LogP contribution < -0.4 is 4.74 Å². The van der Waals surface area contributed by atoms with Crippen molar-refractivity contribution in [3.63, 3.8) is 0 Å². The van der Waals surface area contributed by atoms with Crippen LogP contribution in [0.2, 0.25) is 0 Å². The van der Waals surface area contributed by atoms with E-state index in [1.807, 2.05) is 36.4 Å². The third-order valence-electron chi connectivity index (χ3n) is 7.27. The molecule has 4 rings (SSSR count). The lowest BCUT2D eigenvalue weighted by Crippen LogP contribution is -2.17. The predicted octanol–water partition coefficient (Wildman–Crippen LogP) is 7.82. The Bertz CT molecular complexity index is 1300. The topological polar surface area (TPSA) is 68.1 Å². The lowest BCUT2D eigenvalue weighted by atomic mass is 10.0. The highest BCUT2D eigenvalue weighted by Crippen LogP contribution is 2.30. The number of rotatable bonds is 11. The second kappa shape index (κ2) is 12.8. The molecule has 1 aromatic heterocycles. The Labute approximate surface area is 227 Å². The van der Waals surface area contributed by atoms with E-state index in [1.165, 1.54) is 24.0 Å². The van der Waals surface area contributed by atoms with Crippen LogP contribution >= 0.6 is 0 Å². The van der Waals surface area contributed by atoms with Crippen molar-refractivity contribution in [2.24, 2.45) is 0 Å². The summed E-state index contributed by atoms with van der Waals surface area (Å²) in [4.78, 5) is 14.7. The minimum absolute atomic E-state index is 0.296. The first-order valence-electron chi connectivity index (χ1n) is 13.7. The van der Waals surface area contributed by atoms with E-state index in [0.717, 1.165) is 52.8 Å². The van der Waals surface area contributed by atoms with E-state index in [-0.39, 0.29) is 0 Å². The molecular weight excluding hydrogens is 470 g/mol. The zero-order valence-corrected chi connectivity index (χ0v) is 23.3. The third kappa shape index (κ3) is 6.65. The van der Waals surface area contributed by atoms with Gasteiger partial charge in [0, 0.05) is 16.7 Å². The second-order valence-corrected chi connectivity index (χ2v) is 10.1. The largest absolute Gasteiger partial charge is 0.491 e. The molecule has 1 atom stereocenters. The summed E-state index contributed by atoms with van der Waals surface area (Å²) in [6, 6.07) is 20.2. The molecular formula is C33H39N3O2. The normalized spacial score (nSPS) is 11.9. The molecule has 0 saturated carbocycles. The van der Waals surface area contributed by atoms with Crippen LogP contribution in [0.1, 0.15) is 61.3 Å². The molecule has 38 heavy (non-hydrogen) atoms. The summed E-state index contributed by atoms with van der Waals surface area (Å²) >= 11 is 0. The van der Waals surface area contributed by atoms with Gasteiger partial charge in [-0.3, -0.25) is 0 Å². The molecule has 3 aromatic carbocycles. The van der Waals surface area contributed by atoms with Crippen molar-refractivity contribution in [2.45, 2.75) is 72.8 Å². The van der Waals surface area contributed by atoms with Crippen LogP contribution in [0, 0.1) is 27.7 Å². The smallest absolute Gasteiger partial charge is 0.164 e. The molecule has 0 fully saturated rings. The minimum Gasteiger partial charge on any atom is -0.491 e. The van der Waals surface area contributed by atoms with Crippen molar-refractivity contribution in [3.8, 4) is 39.9 Å². The van der Waals surface area contributed by atoms with Crippen molar-refractivity contribution in [1.82, 2.24) is 15.0 Å². The first kappa shape index (κ1) is 27.5. The van der Waals surface area contributed by atoms with Gasteiger partial charge in [0.15, 0.2) is 17.5 Å². The van der Waals surface area contributed by atoms with Crippen LogP contribution in [0.5, 0.6) is 5.75 Å². The molecule has 0 aliphatic rings. The van der Waals surface area contributed by atoms with Crippen molar-refractivity contribution >= 4 is 0 Å². The zero-order chi connectivity index (χ0) is 27.1. The summed E-state index contributed by atoms with van der Waals surface area (Å²) in [5, 5.41) is 10.3. The molecule has 0 saturated heterocycles. The number of aliphatic hydroxyl groups is 1. The fourth-order valence-corrected chi connectivity index (χ4v) is 4.52. The molecule has 5 nitrogen and oxygen atoms in total. The summed E-state index contributed by atoms with van der Waals surface area (Å²) in [6.07, 6.45) is 4.91. The van der Waals surface area contributed by atoms with Crippen molar-refractivity contribution in [2.75, 3.05) is 6.61 Å². The highest BCUT2D eigenvalue weighted by Gasteiger charge is 2.16. The number of hydrogen-bond acceptors (Lipinski definition) is 5. The fourth-order valence-electron chi connectivity index (χ4n) is 4.52. The van der Waals surface area contributed by atoms with Gasteiger partial charge in [-0.25, -0.2) is 15.0 Å². The fraction of sp³-hybridized carbons (Fsp3) is 0.364. The number of hydrogen-bond donors (Lipinski definition) is 1. The Morgan fingerprint density at radius 1 is 0.684 bits per heavy atom. The highest BCUT2D eigenvalue weighted by atomic mass is 16.5. The molecule has 4 aromatic rings. The molecule has 1 unspecified atom stereocenters. The Hall–Kier alpha value is -3.57. The summed E-state index contributed by atoms with van der Waals surface area (Å²) < 4.78 is 5.86. The third-order valence-corrected chi connectivity index (χ3v) is 7.27. The van der Waals surface area contributed by atoms with E-state index in [9.17, 15) is 5.11 Å². The van der Waals surface area contributed by atoms with Gasteiger partial charge in [-0.15, -0.1) is 0 Å². The first-order chi connectivity index (χ1) is 18.4. The second-order valence-electron chi connectivity index (χ2n) is 10.1. The summed E-state index contributed by atoms with van der Waals surface area (Å²) in [5.41, 5.74) is 7.62. The first-order valence-corrected chi connectivity index (χ1v) is 13.7. The molecule has 198 valence electrons. The van der Waals surface area contributed by atoms with E-state index in [0.29, 0.717) is 24.1 Å². The van der Waals surface area contributed by atoms with Crippen LogP contribution in [0.15, 0.2) is 60.7 Å². The zero-order valence-electron chi connectivity index (χ0n) is 23.3. The highest BCUT2D eigenvalue weighted by molar-refractivity contribution is 5.70. The van der Waals surface area contributed by atoms with E-state index in [4.69, 9.17) is 19.7 Å². The molecule has 0 aliphatic heterocycles. The van der Waals surface area contributed by atoms with Gasteiger partial charge in [0.1, 0.15) is 12.4 Å². The maximum atomic E-state index is 10.3. The lowest BCUT2D eigenvalue weighted by molar-refractivity contribution is 0.0975. The number of benzene rings is 3.